The van der Waals surface area contributed by atoms with E-state index in [1.54, 1.807) is 0 Å². The molecule has 0 radical (unpaired) electrons. The van der Waals surface area contributed by atoms with Gasteiger partial charge in [0, 0.05) is 24.6 Å². The zero-order chi connectivity index (χ0) is 10.8. The van der Waals surface area contributed by atoms with Crippen molar-refractivity contribution >= 4 is 5.91 Å². The Bertz CT molecular complexity index is 320. The van der Waals surface area contributed by atoms with Crippen LogP contribution < -0.4 is 5.73 Å². The molecule has 0 aromatic rings. The van der Waals surface area contributed by atoms with E-state index in [1.165, 1.54) is 0 Å². The fraction of sp³-hybridized carbons (Fsp3) is 0.583. The van der Waals surface area contributed by atoms with Crippen LogP contribution in [-0.2, 0) is 4.79 Å². The number of amides is 1. The number of hydrogen-bond acceptors (Lipinski definition) is 2. The second-order valence-electron chi connectivity index (χ2n) is 4.42. The fourth-order valence-corrected chi connectivity index (χ4v) is 2.37. The normalized spacial score (nSPS) is 31.7. The Labute approximate surface area is 90.6 Å². The van der Waals surface area contributed by atoms with Gasteiger partial charge in [0.25, 0.3) is 0 Å². The van der Waals surface area contributed by atoms with Crippen LogP contribution in [0.2, 0.25) is 0 Å². The summed E-state index contributed by atoms with van der Waals surface area (Å²) >= 11 is 0. The number of hydrogen-bond donors (Lipinski definition) is 1. The number of piperidine rings is 1. The summed E-state index contributed by atoms with van der Waals surface area (Å²) in [4.78, 5) is 13.8. The molecule has 0 aromatic heterocycles. The predicted molar refractivity (Wildman–Crippen MR) is 59.9 cm³/mol. The monoisotopic (exact) mass is 206 g/mol. The van der Waals surface area contributed by atoms with Gasteiger partial charge < -0.3 is 10.6 Å². The third-order valence-corrected chi connectivity index (χ3v) is 3.20. The summed E-state index contributed by atoms with van der Waals surface area (Å²) in [5.41, 5.74) is 6.53. The molecule has 0 spiro atoms. The molecule has 2 rings (SSSR count). The Balaban J connectivity index is 2.11. The van der Waals surface area contributed by atoms with E-state index in [1.807, 2.05) is 17.1 Å². The first kappa shape index (κ1) is 10.3. The van der Waals surface area contributed by atoms with Crippen molar-refractivity contribution < 1.29 is 4.79 Å². The molecule has 3 nitrogen and oxygen atoms in total. The van der Waals surface area contributed by atoms with Crippen LogP contribution in [-0.4, -0.2) is 23.4 Å². The summed E-state index contributed by atoms with van der Waals surface area (Å²) in [6.45, 7) is 3.01. The highest BCUT2D eigenvalue weighted by atomic mass is 16.2. The van der Waals surface area contributed by atoms with E-state index < -0.39 is 0 Å². The smallest absolute Gasteiger partial charge is 0.223 e. The van der Waals surface area contributed by atoms with Gasteiger partial charge in [0.15, 0.2) is 0 Å². The minimum absolute atomic E-state index is 0.213. The van der Waals surface area contributed by atoms with Crippen LogP contribution in [0.3, 0.4) is 0 Å². The standard InChI is InChI=1S/C12H18N2O/c1-9-8-10(13)5-6-11(9)14-7-3-2-4-12(14)15/h5-6,8-9,11H,2-4,7,13H2,1H3. The second kappa shape index (κ2) is 4.09. The van der Waals surface area contributed by atoms with Crippen LogP contribution in [0.15, 0.2) is 23.9 Å². The average Bonchev–Trinajstić information content (AvgIpc) is 2.20. The van der Waals surface area contributed by atoms with E-state index in [0.29, 0.717) is 12.3 Å². The van der Waals surface area contributed by atoms with Gasteiger partial charge in [0.05, 0.1) is 6.04 Å². The fourth-order valence-electron chi connectivity index (χ4n) is 2.37. The Morgan fingerprint density at radius 2 is 2.27 bits per heavy atom. The van der Waals surface area contributed by atoms with Gasteiger partial charge in [-0.05, 0) is 18.9 Å². The van der Waals surface area contributed by atoms with Crippen molar-refractivity contribution in [2.24, 2.45) is 11.7 Å². The number of rotatable bonds is 1. The van der Waals surface area contributed by atoms with Gasteiger partial charge in [0.1, 0.15) is 0 Å². The number of nitrogens with two attached hydrogens (primary N) is 1. The van der Waals surface area contributed by atoms with Crippen LogP contribution in [0.1, 0.15) is 26.2 Å². The molecule has 1 fully saturated rings. The number of nitrogens with zero attached hydrogens (tertiary/aromatic N) is 1. The molecule has 1 heterocycles. The largest absolute Gasteiger partial charge is 0.399 e. The molecule has 2 aliphatic rings. The van der Waals surface area contributed by atoms with Crippen LogP contribution in [0.5, 0.6) is 0 Å². The number of allylic oxidation sites excluding steroid dienone is 1. The maximum Gasteiger partial charge on any atom is 0.223 e. The minimum Gasteiger partial charge on any atom is -0.399 e. The molecule has 2 unspecified atom stereocenters. The van der Waals surface area contributed by atoms with Gasteiger partial charge in [0.2, 0.25) is 5.91 Å². The van der Waals surface area contributed by atoms with Crippen LogP contribution in [0.25, 0.3) is 0 Å². The molecule has 15 heavy (non-hydrogen) atoms. The third-order valence-electron chi connectivity index (χ3n) is 3.20. The Morgan fingerprint density at radius 1 is 1.47 bits per heavy atom. The van der Waals surface area contributed by atoms with Crippen molar-refractivity contribution in [2.75, 3.05) is 6.54 Å². The van der Waals surface area contributed by atoms with Gasteiger partial charge in [-0.2, -0.15) is 0 Å². The zero-order valence-electron chi connectivity index (χ0n) is 9.15. The van der Waals surface area contributed by atoms with E-state index in [0.717, 1.165) is 25.1 Å². The van der Waals surface area contributed by atoms with Gasteiger partial charge in [-0.15, -0.1) is 0 Å². The van der Waals surface area contributed by atoms with Gasteiger partial charge >= 0.3 is 0 Å². The van der Waals surface area contributed by atoms with E-state index in [4.69, 9.17) is 5.73 Å². The summed E-state index contributed by atoms with van der Waals surface area (Å²) in [5.74, 6) is 0.619. The molecule has 0 bridgehead atoms. The maximum atomic E-state index is 11.8. The second-order valence-corrected chi connectivity index (χ2v) is 4.42. The number of carbonyl (C=O) groups is 1. The predicted octanol–water partition coefficient (Wildman–Crippen LogP) is 1.42. The molecule has 2 N–H and O–H groups in total. The summed E-state index contributed by atoms with van der Waals surface area (Å²) < 4.78 is 0. The van der Waals surface area contributed by atoms with Gasteiger partial charge in [-0.1, -0.05) is 19.1 Å². The first-order valence-electron chi connectivity index (χ1n) is 5.63. The first-order valence-corrected chi connectivity index (χ1v) is 5.63. The highest BCUT2D eigenvalue weighted by Gasteiger charge is 2.28. The van der Waals surface area contributed by atoms with E-state index in [2.05, 4.69) is 13.0 Å². The molecule has 2 atom stereocenters. The summed E-state index contributed by atoms with van der Waals surface area (Å²) in [5, 5.41) is 0. The number of likely N-dealkylation sites (tertiary alicyclic amines) is 1. The zero-order valence-corrected chi connectivity index (χ0v) is 9.15. The Morgan fingerprint density at radius 3 is 2.93 bits per heavy atom. The summed E-state index contributed by atoms with van der Waals surface area (Å²) in [6.07, 6.45) is 8.87. The summed E-state index contributed by atoms with van der Waals surface area (Å²) in [7, 11) is 0. The highest BCUT2D eigenvalue weighted by Crippen LogP contribution is 2.23. The molecular formula is C12H18N2O. The van der Waals surface area contributed by atoms with Crippen molar-refractivity contribution in [2.45, 2.75) is 32.2 Å². The molecule has 0 aromatic carbocycles. The molecule has 1 amide bonds. The van der Waals surface area contributed by atoms with Crippen molar-refractivity contribution in [3.63, 3.8) is 0 Å². The minimum atomic E-state index is 0.213. The van der Waals surface area contributed by atoms with Gasteiger partial charge in [-0.3, -0.25) is 4.79 Å². The lowest BCUT2D eigenvalue weighted by Gasteiger charge is -2.36. The van der Waals surface area contributed by atoms with Crippen LogP contribution in [0, 0.1) is 5.92 Å². The first-order chi connectivity index (χ1) is 7.18. The summed E-state index contributed by atoms with van der Waals surface area (Å²) in [6, 6.07) is 0.213. The van der Waals surface area contributed by atoms with Crippen molar-refractivity contribution in [1.29, 1.82) is 0 Å². The van der Waals surface area contributed by atoms with Crippen LogP contribution >= 0.6 is 0 Å². The Hall–Kier alpha value is -1.25. The van der Waals surface area contributed by atoms with Crippen molar-refractivity contribution in [1.82, 2.24) is 4.90 Å². The van der Waals surface area contributed by atoms with E-state index in [-0.39, 0.29) is 11.9 Å². The molecule has 3 heteroatoms. The average molecular weight is 206 g/mol. The molecule has 1 aliphatic carbocycles. The SMILES string of the molecule is CC1C=C(N)C=CC1N1CCCCC1=O. The van der Waals surface area contributed by atoms with Crippen LogP contribution in [0.4, 0.5) is 0 Å². The lowest BCUT2D eigenvalue weighted by molar-refractivity contribution is -0.135. The lowest BCUT2D eigenvalue weighted by Crippen LogP contribution is -2.45. The molecule has 1 saturated heterocycles. The van der Waals surface area contributed by atoms with E-state index >= 15 is 0 Å². The highest BCUT2D eigenvalue weighted by molar-refractivity contribution is 5.77. The van der Waals surface area contributed by atoms with Crippen molar-refractivity contribution in [3.8, 4) is 0 Å². The van der Waals surface area contributed by atoms with E-state index in [9.17, 15) is 4.79 Å². The molecular weight excluding hydrogens is 188 g/mol. The topological polar surface area (TPSA) is 46.3 Å². The molecule has 1 aliphatic heterocycles. The quantitative estimate of drug-likeness (QED) is 0.705. The maximum absolute atomic E-state index is 11.8. The Kier molecular flexibility index (Phi) is 2.80. The number of carbonyl (C=O) groups excluding carboxylic acids is 1. The van der Waals surface area contributed by atoms with Crippen molar-refractivity contribution in [3.05, 3.63) is 23.9 Å². The molecule has 82 valence electrons. The lowest BCUT2D eigenvalue weighted by atomic mass is 9.92. The van der Waals surface area contributed by atoms with Gasteiger partial charge in [-0.25, -0.2) is 0 Å². The molecule has 0 saturated carbocycles. The third kappa shape index (κ3) is 2.06.